The number of rotatable bonds is 9. The summed E-state index contributed by atoms with van der Waals surface area (Å²) in [6.07, 6.45) is 6.44. The average Bonchev–Trinajstić information content (AvgIpc) is 2.80. The van der Waals surface area contributed by atoms with Crippen LogP contribution in [0.15, 0.2) is 54.7 Å². The van der Waals surface area contributed by atoms with E-state index in [-0.39, 0.29) is 5.97 Å². The molecule has 0 aliphatic heterocycles. The number of aromatic nitrogens is 1. The fourth-order valence-corrected chi connectivity index (χ4v) is 3.21. The molecule has 1 heterocycles. The lowest BCUT2D eigenvalue weighted by Crippen LogP contribution is -2.05. The number of hydrogen-bond acceptors (Lipinski definition) is 5. The minimum Gasteiger partial charge on any atom is -0.493 e. The van der Waals surface area contributed by atoms with Gasteiger partial charge in [-0.15, -0.1) is 0 Å². The van der Waals surface area contributed by atoms with Crippen LogP contribution < -0.4 is 9.47 Å². The third-order valence-electron chi connectivity index (χ3n) is 4.54. The summed E-state index contributed by atoms with van der Waals surface area (Å²) >= 11 is 12.0. The summed E-state index contributed by atoms with van der Waals surface area (Å²) in [7, 11) is 1.57. The molecule has 3 rings (SSSR count). The topological polar surface area (TPSA) is 57.7 Å². The van der Waals surface area contributed by atoms with Crippen molar-refractivity contribution in [2.24, 2.45) is 0 Å². The first-order valence-corrected chi connectivity index (χ1v) is 10.8. The highest BCUT2D eigenvalue weighted by molar-refractivity contribution is 6.42. The normalized spacial score (nSPS) is 10.9. The quantitative estimate of drug-likeness (QED) is 0.319. The van der Waals surface area contributed by atoms with E-state index in [1.807, 2.05) is 36.4 Å². The van der Waals surface area contributed by atoms with Crippen LogP contribution in [0.2, 0.25) is 10.0 Å². The minimum atomic E-state index is -0.218. The third-order valence-corrected chi connectivity index (χ3v) is 5.28. The highest BCUT2D eigenvalue weighted by atomic mass is 35.5. The van der Waals surface area contributed by atoms with Crippen molar-refractivity contribution in [1.82, 2.24) is 4.98 Å². The number of esters is 1. The molecule has 0 N–H and O–H groups in total. The zero-order chi connectivity index (χ0) is 22.9. The lowest BCUT2D eigenvalue weighted by Gasteiger charge is -2.11. The maximum absolute atomic E-state index is 11.6. The second-order valence-electron chi connectivity index (χ2n) is 6.83. The number of aryl methyl sites for hydroxylation is 1. The van der Waals surface area contributed by atoms with Crippen molar-refractivity contribution < 1.29 is 19.0 Å². The van der Waals surface area contributed by atoms with Crippen molar-refractivity contribution >= 4 is 41.3 Å². The number of hydrogen-bond donors (Lipinski definition) is 0. The van der Waals surface area contributed by atoms with Gasteiger partial charge >= 0.3 is 5.97 Å². The smallest absolute Gasteiger partial charge is 0.306 e. The summed E-state index contributed by atoms with van der Waals surface area (Å²) in [6.45, 7) is 2.17. The van der Waals surface area contributed by atoms with Gasteiger partial charge < -0.3 is 14.2 Å². The van der Waals surface area contributed by atoms with E-state index in [1.54, 1.807) is 44.5 Å². The van der Waals surface area contributed by atoms with Gasteiger partial charge in [-0.05, 0) is 60.4 Å². The molecule has 0 saturated carbocycles. The largest absolute Gasteiger partial charge is 0.493 e. The zero-order valence-electron chi connectivity index (χ0n) is 17.8. The number of methoxy groups -OCH3 is 1. The van der Waals surface area contributed by atoms with Crippen LogP contribution in [0.4, 0.5) is 0 Å². The van der Waals surface area contributed by atoms with E-state index in [2.05, 4.69) is 4.98 Å². The van der Waals surface area contributed by atoms with Crippen LogP contribution in [-0.4, -0.2) is 24.7 Å². The first-order valence-electron chi connectivity index (χ1n) is 10.1. The number of carbonyl (C=O) groups is 1. The molecule has 32 heavy (non-hydrogen) atoms. The molecule has 0 atom stereocenters. The van der Waals surface area contributed by atoms with Gasteiger partial charge in [-0.25, -0.2) is 4.98 Å². The lowest BCUT2D eigenvalue weighted by atomic mass is 10.1. The van der Waals surface area contributed by atoms with Gasteiger partial charge in [0, 0.05) is 18.7 Å². The summed E-state index contributed by atoms with van der Waals surface area (Å²) in [4.78, 5) is 15.9. The van der Waals surface area contributed by atoms with Gasteiger partial charge in [-0.3, -0.25) is 4.79 Å². The molecule has 5 nitrogen and oxygen atoms in total. The number of carbonyl (C=O) groups excluding carboxylic acids is 1. The standard InChI is InChI=1S/C25H23Cl2NO4/c1-3-31-25(29)13-9-18-7-11-22(23(15-18)30-2)32-24-12-8-19(16-28-24)5-4-17-6-10-20(26)21(27)14-17/h4-8,10-12,14-16H,3,9,13H2,1-2H3/b5-4+. The Kier molecular flexibility index (Phi) is 8.54. The van der Waals surface area contributed by atoms with Gasteiger partial charge in [0.2, 0.25) is 5.88 Å². The highest BCUT2D eigenvalue weighted by Crippen LogP contribution is 2.32. The Balaban J connectivity index is 1.64. The fraction of sp³-hybridized carbons (Fsp3) is 0.200. The number of nitrogens with zero attached hydrogens (tertiary/aromatic N) is 1. The third kappa shape index (κ3) is 6.74. The molecule has 0 unspecified atom stereocenters. The van der Waals surface area contributed by atoms with Crippen molar-refractivity contribution in [3.05, 3.63) is 81.5 Å². The Labute approximate surface area is 197 Å². The van der Waals surface area contributed by atoms with E-state index >= 15 is 0 Å². The van der Waals surface area contributed by atoms with Crippen LogP contribution in [0.3, 0.4) is 0 Å². The van der Waals surface area contributed by atoms with Gasteiger partial charge in [0.25, 0.3) is 0 Å². The predicted octanol–water partition coefficient (Wildman–Crippen LogP) is 6.86. The van der Waals surface area contributed by atoms with Crippen LogP contribution in [0.25, 0.3) is 12.2 Å². The number of ether oxygens (including phenoxy) is 3. The molecule has 0 saturated heterocycles. The van der Waals surface area contributed by atoms with E-state index < -0.39 is 0 Å². The van der Waals surface area contributed by atoms with Crippen LogP contribution in [0, 0.1) is 0 Å². The van der Waals surface area contributed by atoms with Crippen LogP contribution in [0.5, 0.6) is 17.4 Å². The fourth-order valence-electron chi connectivity index (χ4n) is 2.90. The van der Waals surface area contributed by atoms with Gasteiger partial charge in [0.15, 0.2) is 11.5 Å². The monoisotopic (exact) mass is 471 g/mol. The maximum Gasteiger partial charge on any atom is 0.306 e. The SMILES string of the molecule is CCOC(=O)CCc1ccc(Oc2ccc(/C=C/c3ccc(Cl)c(Cl)c3)cn2)c(OC)c1. The lowest BCUT2D eigenvalue weighted by molar-refractivity contribution is -0.143. The maximum atomic E-state index is 11.6. The molecule has 0 spiro atoms. The van der Waals surface area contributed by atoms with E-state index in [1.165, 1.54) is 0 Å². The highest BCUT2D eigenvalue weighted by Gasteiger charge is 2.10. The molecule has 0 amide bonds. The number of benzene rings is 2. The molecule has 2 aromatic carbocycles. The molecule has 0 fully saturated rings. The Morgan fingerprint density at radius 3 is 2.44 bits per heavy atom. The molecule has 0 aliphatic rings. The summed E-state index contributed by atoms with van der Waals surface area (Å²) < 4.78 is 16.3. The van der Waals surface area contributed by atoms with Crippen LogP contribution in [-0.2, 0) is 16.0 Å². The Bertz CT molecular complexity index is 1100. The first-order chi connectivity index (χ1) is 15.5. The molecule has 3 aromatic rings. The number of pyridine rings is 1. The van der Waals surface area contributed by atoms with E-state index in [9.17, 15) is 4.79 Å². The second kappa shape index (κ2) is 11.6. The predicted molar refractivity (Wildman–Crippen MR) is 128 cm³/mol. The van der Waals surface area contributed by atoms with Crippen molar-refractivity contribution in [2.75, 3.05) is 13.7 Å². The Hall–Kier alpha value is -3.02. The van der Waals surface area contributed by atoms with E-state index in [0.717, 1.165) is 16.7 Å². The average molecular weight is 472 g/mol. The minimum absolute atomic E-state index is 0.218. The summed E-state index contributed by atoms with van der Waals surface area (Å²) in [5.74, 6) is 1.33. The summed E-state index contributed by atoms with van der Waals surface area (Å²) in [5.41, 5.74) is 2.80. The summed E-state index contributed by atoms with van der Waals surface area (Å²) in [6, 6.07) is 14.7. The Morgan fingerprint density at radius 1 is 0.969 bits per heavy atom. The molecule has 7 heteroatoms. The number of halogens is 2. The molecular formula is C25H23Cl2NO4. The van der Waals surface area contributed by atoms with Gasteiger partial charge in [0.1, 0.15) is 0 Å². The molecule has 0 aliphatic carbocycles. The Morgan fingerprint density at radius 2 is 1.75 bits per heavy atom. The molecule has 0 bridgehead atoms. The van der Waals surface area contributed by atoms with Crippen LogP contribution >= 0.6 is 23.2 Å². The molecule has 166 valence electrons. The van der Waals surface area contributed by atoms with Gasteiger partial charge in [-0.1, -0.05) is 47.5 Å². The molecular weight excluding hydrogens is 449 g/mol. The zero-order valence-corrected chi connectivity index (χ0v) is 19.3. The van der Waals surface area contributed by atoms with Gasteiger partial charge in [-0.2, -0.15) is 0 Å². The van der Waals surface area contributed by atoms with E-state index in [0.29, 0.717) is 46.9 Å². The van der Waals surface area contributed by atoms with Crippen LogP contribution in [0.1, 0.15) is 30.0 Å². The van der Waals surface area contributed by atoms with Crippen molar-refractivity contribution in [2.45, 2.75) is 19.8 Å². The first kappa shape index (κ1) is 23.6. The van der Waals surface area contributed by atoms with E-state index in [4.69, 9.17) is 37.4 Å². The van der Waals surface area contributed by atoms with Gasteiger partial charge in [0.05, 0.1) is 23.8 Å². The molecule has 1 aromatic heterocycles. The second-order valence-corrected chi connectivity index (χ2v) is 7.64. The van der Waals surface area contributed by atoms with Crippen molar-refractivity contribution in [3.8, 4) is 17.4 Å². The van der Waals surface area contributed by atoms with Crippen molar-refractivity contribution in [1.29, 1.82) is 0 Å². The summed E-state index contributed by atoms with van der Waals surface area (Å²) in [5, 5.41) is 1.03. The molecule has 0 radical (unpaired) electrons. The van der Waals surface area contributed by atoms with Crippen molar-refractivity contribution in [3.63, 3.8) is 0 Å².